The third-order valence-electron chi connectivity index (χ3n) is 3.36. The summed E-state index contributed by atoms with van der Waals surface area (Å²) >= 11 is 1.67. The number of amides is 1. The highest BCUT2D eigenvalue weighted by Gasteiger charge is 2.28. The van der Waals surface area contributed by atoms with E-state index in [-0.39, 0.29) is 25.0 Å². The van der Waals surface area contributed by atoms with Crippen molar-refractivity contribution in [1.82, 2.24) is 4.90 Å². The molecular formula is C15H19NO5S. The highest BCUT2D eigenvalue weighted by molar-refractivity contribution is 7.99. The molecule has 1 amide bonds. The van der Waals surface area contributed by atoms with E-state index in [0.717, 1.165) is 5.75 Å². The van der Waals surface area contributed by atoms with Gasteiger partial charge in [0.2, 0.25) is 0 Å². The topological polar surface area (TPSA) is 76.1 Å². The molecule has 1 aromatic rings. The monoisotopic (exact) mass is 325 g/mol. The van der Waals surface area contributed by atoms with Gasteiger partial charge in [-0.3, -0.25) is 9.59 Å². The molecule has 120 valence electrons. The van der Waals surface area contributed by atoms with Crippen LogP contribution in [0.15, 0.2) is 24.3 Å². The standard InChI is InChI=1S/C15H19NO5S/c1-20-12-3-2-4-13(8-12)21-9-14(17)16-5-6-22-10-11(16)7-15(18)19/h2-4,8,11H,5-7,9-10H2,1H3,(H,18,19). The van der Waals surface area contributed by atoms with Gasteiger partial charge in [-0.2, -0.15) is 11.8 Å². The Morgan fingerprint density at radius 1 is 1.41 bits per heavy atom. The Hall–Kier alpha value is -1.89. The molecule has 0 saturated carbocycles. The number of methoxy groups -OCH3 is 1. The molecule has 0 radical (unpaired) electrons. The maximum absolute atomic E-state index is 12.3. The normalized spacial score (nSPS) is 17.9. The predicted octanol–water partition coefficient (Wildman–Crippen LogP) is 1.49. The van der Waals surface area contributed by atoms with Crippen LogP contribution in [0.2, 0.25) is 0 Å². The van der Waals surface area contributed by atoms with E-state index >= 15 is 0 Å². The van der Waals surface area contributed by atoms with Crippen LogP contribution in [0.4, 0.5) is 0 Å². The van der Waals surface area contributed by atoms with E-state index in [0.29, 0.717) is 23.8 Å². The van der Waals surface area contributed by atoms with E-state index in [4.69, 9.17) is 14.6 Å². The van der Waals surface area contributed by atoms with E-state index in [2.05, 4.69) is 0 Å². The van der Waals surface area contributed by atoms with Gasteiger partial charge in [-0.25, -0.2) is 0 Å². The molecular weight excluding hydrogens is 306 g/mol. The van der Waals surface area contributed by atoms with E-state index in [1.165, 1.54) is 0 Å². The van der Waals surface area contributed by atoms with Gasteiger partial charge in [0.05, 0.1) is 19.6 Å². The summed E-state index contributed by atoms with van der Waals surface area (Å²) in [6.45, 7) is 0.455. The molecule has 2 rings (SSSR count). The number of carboxylic acids is 1. The van der Waals surface area contributed by atoms with Crippen molar-refractivity contribution in [2.45, 2.75) is 12.5 Å². The number of hydrogen-bond donors (Lipinski definition) is 1. The van der Waals surface area contributed by atoms with Crippen LogP contribution in [0.25, 0.3) is 0 Å². The number of carbonyl (C=O) groups excluding carboxylic acids is 1. The second-order valence-corrected chi connectivity index (χ2v) is 6.03. The maximum atomic E-state index is 12.3. The smallest absolute Gasteiger partial charge is 0.305 e. The van der Waals surface area contributed by atoms with Crippen molar-refractivity contribution in [2.75, 3.05) is 31.8 Å². The number of aliphatic carboxylic acids is 1. The van der Waals surface area contributed by atoms with Crippen LogP contribution < -0.4 is 9.47 Å². The largest absolute Gasteiger partial charge is 0.497 e. The molecule has 0 aromatic heterocycles. The molecule has 0 aliphatic carbocycles. The number of rotatable bonds is 6. The minimum Gasteiger partial charge on any atom is -0.497 e. The zero-order valence-corrected chi connectivity index (χ0v) is 13.2. The van der Waals surface area contributed by atoms with E-state index in [1.54, 1.807) is 48.0 Å². The molecule has 1 atom stereocenters. The Kier molecular flexibility index (Phi) is 5.94. The summed E-state index contributed by atoms with van der Waals surface area (Å²) < 4.78 is 10.6. The van der Waals surface area contributed by atoms with Gasteiger partial charge < -0.3 is 19.5 Å². The maximum Gasteiger partial charge on any atom is 0.305 e. The first-order valence-corrected chi connectivity index (χ1v) is 8.11. The Morgan fingerprint density at radius 2 is 2.18 bits per heavy atom. The minimum atomic E-state index is -0.890. The Morgan fingerprint density at radius 3 is 2.91 bits per heavy atom. The number of nitrogens with zero attached hydrogens (tertiary/aromatic N) is 1. The number of benzene rings is 1. The fourth-order valence-electron chi connectivity index (χ4n) is 2.27. The van der Waals surface area contributed by atoms with Crippen molar-refractivity contribution < 1.29 is 24.2 Å². The van der Waals surface area contributed by atoms with Gasteiger partial charge in [-0.05, 0) is 12.1 Å². The van der Waals surface area contributed by atoms with Crippen molar-refractivity contribution in [1.29, 1.82) is 0 Å². The third kappa shape index (κ3) is 4.56. The van der Waals surface area contributed by atoms with E-state index < -0.39 is 5.97 Å². The van der Waals surface area contributed by atoms with Gasteiger partial charge in [0, 0.05) is 24.1 Å². The Labute approximate surface area is 133 Å². The molecule has 22 heavy (non-hydrogen) atoms. The summed E-state index contributed by atoms with van der Waals surface area (Å²) in [5.41, 5.74) is 0. The van der Waals surface area contributed by atoms with Crippen molar-refractivity contribution in [2.24, 2.45) is 0 Å². The number of carboxylic acid groups (broad SMARTS) is 1. The Bertz CT molecular complexity index is 536. The summed E-state index contributed by atoms with van der Waals surface area (Å²) in [7, 11) is 1.56. The molecule has 1 aliphatic heterocycles. The lowest BCUT2D eigenvalue weighted by molar-refractivity contribution is -0.141. The second-order valence-electron chi connectivity index (χ2n) is 4.88. The van der Waals surface area contributed by atoms with Crippen LogP contribution >= 0.6 is 11.8 Å². The number of carbonyl (C=O) groups is 2. The summed E-state index contributed by atoms with van der Waals surface area (Å²) in [6.07, 6.45) is -0.0299. The Balaban J connectivity index is 1.93. The highest BCUT2D eigenvalue weighted by atomic mass is 32.2. The lowest BCUT2D eigenvalue weighted by Crippen LogP contribution is -2.48. The van der Waals surface area contributed by atoms with Crippen LogP contribution in [0.3, 0.4) is 0 Å². The fourth-order valence-corrected chi connectivity index (χ4v) is 3.34. The molecule has 1 aromatic carbocycles. The molecule has 7 heteroatoms. The molecule has 1 saturated heterocycles. The van der Waals surface area contributed by atoms with Crippen LogP contribution in [-0.4, -0.2) is 59.7 Å². The predicted molar refractivity (Wildman–Crippen MR) is 83.6 cm³/mol. The average Bonchev–Trinajstić information content (AvgIpc) is 2.53. The molecule has 1 N–H and O–H groups in total. The SMILES string of the molecule is COc1cccc(OCC(=O)N2CCSCC2CC(=O)O)c1. The van der Waals surface area contributed by atoms with Gasteiger partial charge in [-0.15, -0.1) is 0 Å². The molecule has 1 fully saturated rings. The first kappa shape index (κ1) is 16.5. The van der Waals surface area contributed by atoms with Gasteiger partial charge in [0.1, 0.15) is 11.5 Å². The van der Waals surface area contributed by atoms with Gasteiger partial charge in [-0.1, -0.05) is 6.07 Å². The zero-order valence-electron chi connectivity index (χ0n) is 12.4. The molecule has 0 spiro atoms. The van der Waals surface area contributed by atoms with Crippen LogP contribution in [-0.2, 0) is 9.59 Å². The van der Waals surface area contributed by atoms with Crippen LogP contribution in [0.5, 0.6) is 11.5 Å². The van der Waals surface area contributed by atoms with Crippen molar-refractivity contribution >= 4 is 23.6 Å². The number of hydrogen-bond acceptors (Lipinski definition) is 5. The average molecular weight is 325 g/mol. The number of ether oxygens (including phenoxy) is 2. The third-order valence-corrected chi connectivity index (χ3v) is 4.45. The molecule has 0 bridgehead atoms. The van der Waals surface area contributed by atoms with Gasteiger partial charge in [0.25, 0.3) is 5.91 Å². The van der Waals surface area contributed by atoms with Gasteiger partial charge >= 0.3 is 5.97 Å². The van der Waals surface area contributed by atoms with Crippen molar-refractivity contribution in [3.8, 4) is 11.5 Å². The summed E-state index contributed by atoms with van der Waals surface area (Å²) in [5.74, 6) is 1.60. The first-order valence-electron chi connectivity index (χ1n) is 6.96. The minimum absolute atomic E-state index is 0.0299. The summed E-state index contributed by atoms with van der Waals surface area (Å²) in [5, 5.41) is 8.94. The lowest BCUT2D eigenvalue weighted by Gasteiger charge is -2.34. The highest BCUT2D eigenvalue weighted by Crippen LogP contribution is 2.21. The van der Waals surface area contributed by atoms with Crippen LogP contribution in [0.1, 0.15) is 6.42 Å². The van der Waals surface area contributed by atoms with Crippen molar-refractivity contribution in [3.63, 3.8) is 0 Å². The molecule has 1 unspecified atom stereocenters. The molecule has 6 nitrogen and oxygen atoms in total. The summed E-state index contributed by atoms with van der Waals surface area (Å²) in [6, 6.07) is 6.76. The second kappa shape index (κ2) is 7.93. The van der Waals surface area contributed by atoms with Crippen molar-refractivity contribution in [3.05, 3.63) is 24.3 Å². The summed E-state index contributed by atoms with van der Waals surface area (Å²) in [4.78, 5) is 24.8. The molecule has 1 aliphatic rings. The van der Waals surface area contributed by atoms with E-state index in [1.807, 2.05) is 0 Å². The first-order chi connectivity index (χ1) is 10.6. The quantitative estimate of drug-likeness (QED) is 0.854. The van der Waals surface area contributed by atoms with E-state index in [9.17, 15) is 9.59 Å². The number of thioether (sulfide) groups is 1. The lowest BCUT2D eigenvalue weighted by atomic mass is 10.2. The molecule has 1 heterocycles. The van der Waals surface area contributed by atoms with Crippen LogP contribution in [0, 0.1) is 0 Å². The fraction of sp³-hybridized carbons (Fsp3) is 0.467. The zero-order chi connectivity index (χ0) is 15.9. The van der Waals surface area contributed by atoms with Gasteiger partial charge in [0.15, 0.2) is 6.61 Å².